The van der Waals surface area contributed by atoms with Crippen molar-refractivity contribution in [3.8, 4) is 0 Å². The van der Waals surface area contributed by atoms with Crippen molar-refractivity contribution >= 4 is 17.6 Å². The predicted octanol–water partition coefficient (Wildman–Crippen LogP) is 2.26. The summed E-state index contributed by atoms with van der Waals surface area (Å²) in [5, 5.41) is 5.65. The number of esters is 1. The van der Waals surface area contributed by atoms with Gasteiger partial charge in [-0.3, -0.25) is 9.59 Å². The first-order valence-corrected chi connectivity index (χ1v) is 7.41. The van der Waals surface area contributed by atoms with Crippen LogP contribution in [0.25, 0.3) is 0 Å². The van der Waals surface area contributed by atoms with Crippen molar-refractivity contribution in [3.05, 3.63) is 47.2 Å². The van der Waals surface area contributed by atoms with Crippen molar-refractivity contribution < 1.29 is 19.1 Å². The van der Waals surface area contributed by atoms with Crippen LogP contribution in [0, 0.1) is 0 Å². The van der Waals surface area contributed by atoms with E-state index in [0.717, 1.165) is 5.56 Å². The molecule has 2 rings (SSSR count). The van der Waals surface area contributed by atoms with E-state index in [1.807, 2.05) is 37.3 Å². The van der Waals surface area contributed by atoms with Crippen molar-refractivity contribution in [3.63, 3.8) is 0 Å². The zero-order chi connectivity index (χ0) is 16.8. The first kappa shape index (κ1) is 16.7. The molecule has 0 saturated heterocycles. The molecule has 0 aromatic heterocycles. The van der Waals surface area contributed by atoms with Crippen molar-refractivity contribution in [1.29, 1.82) is 0 Å². The average Bonchev–Trinajstić information content (AvgIpc) is 2.84. The van der Waals surface area contributed by atoms with E-state index in [-0.39, 0.29) is 12.3 Å². The van der Waals surface area contributed by atoms with Crippen LogP contribution < -0.4 is 0 Å². The van der Waals surface area contributed by atoms with Crippen LogP contribution in [0.1, 0.15) is 25.8 Å². The number of carbonyl (C=O) groups is 2. The number of allylic oxidation sites excluding steroid dienone is 1. The van der Waals surface area contributed by atoms with E-state index in [2.05, 4.69) is 9.84 Å². The maximum atomic E-state index is 12.6. The highest BCUT2D eigenvalue weighted by Crippen LogP contribution is 2.23. The van der Waals surface area contributed by atoms with E-state index in [1.165, 1.54) is 12.1 Å². The van der Waals surface area contributed by atoms with Gasteiger partial charge < -0.3 is 9.47 Å². The minimum Gasteiger partial charge on any atom is -0.498 e. The fraction of sp³-hybridized carbons (Fsp3) is 0.353. The second-order valence-corrected chi connectivity index (χ2v) is 5.01. The highest BCUT2D eigenvalue weighted by Gasteiger charge is 2.33. The maximum absolute atomic E-state index is 12.6. The summed E-state index contributed by atoms with van der Waals surface area (Å²) in [5.74, 6) is -0.241. The second-order valence-electron chi connectivity index (χ2n) is 5.01. The molecule has 1 aliphatic heterocycles. The highest BCUT2D eigenvalue weighted by atomic mass is 16.5. The molecule has 0 saturated carbocycles. The van der Waals surface area contributed by atoms with Crippen molar-refractivity contribution in [1.82, 2.24) is 5.01 Å². The van der Waals surface area contributed by atoms with Crippen LogP contribution in [0.3, 0.4) is 0 Å². The molecule has 0 N–H and O–H groups in total. The molecule has 0 spiro atoms. The Morgan fingerprint density at radius 2 is 1.96 bits per heavy atom. The van der Waals surface area contributed by atoms with Gasteiger partial charge in [0.2, 0.25) is 0 Å². The lowest BCUT2D eigenvalue weighted by Crippen LogP contribution is -2.23. The van der Waals surface area contributed by atoms with Crippen LogP contribution in [0.5, 0.6) is 0 Å². The Hall–Kier alpha value is -2.63. The van der Waals surface area contributed by atoms with Gasteiger partial charge in [-0.25, -0.2) is 5.01 Å². The summed E-state index contributed by atoms with van der Waals surface area (Å²) < 4.78 is 10.1. The molecule has 1 aliphatic rings. The number of benzene rings is 1. The predicted molar refractivity (Wildman–Crippen MR) is 85.4 cm³/mol. The molecule has 23 heavy (non-hydrogen) atoms. The summed E-state index contributed by atoms with van der Waals surface area (Å²) in [6.07, 6.45) is -0.0622. The van der Waals surface area contributed by atoms with Crippen LogP contribution in [0.2, 0.25) is 0 Å². The van der Waals surface area contributed by atoms with Gasteiger partial charge in [0, 0.05) is 0 Å². The van der Waals surface area contributed by atoms with Crippen molar-refractivity contribution in [2.75, 3.05) is 13.7 Å². The van der Waals surface area contributed by atoms with E-state index in [0.29, 0.717) is 30.2 Å². The highest BCUT2D eigenvalue weighted by molar-refractivity contribution is 6.28. The van der Waals surface area contributed by atoms with Gasteiger partial charge in [0.1, 0.15) is 11.3 Å². The summed E-state index contributed by atoms with van der Waals surface area (Å²) in [7, 11) is 1.31. The quantitative estimate of drug-likeness (QED) is 0.458. The van der Waals surface area contributed by atoms with Gasteiger partial charge in [-0.1, -0.05) is 30.3 Å². The Kier molecular flexibility index (Phi) is 5.51. The fourth-order valence-electron chi connectivity index (χ4n) is 2.33. The lowest BCUT2D eigenvalue weighted by Gasteiger charge is -2.12. The number of hydrazone groups is 1. The number of nitrogens with zero attached hydrogens (tertiary/aromatic N) is 2. The van der Waals surface area contributed by atoms with E-state index in [9.17, 15) is 9.59 Å². The Bertz CT molecular complexity index is 650. The lowest BCUT2D eigenvalue weighted by atomic mass is 10.1. The smallest absolute Gasteiger partial charge is 0.311 e. The molecular formula is C17H20N2O4. The zero-order valence-corrected chi connectivity index (χ0v) is 13.5. The molecule has 0 unspecified atom stereocenters. The standard InChI is InChI=1S/C17H20N2O4/c1-4-23-12(2)16-14(10-15(20)22-3)18-19(17(16)21)11-13-8-6-5-7-9-13/h5-9H,4,10-11H2,1-3H3/b16-12+. The topological polar surface area (TPSA) is 68.2 Å². The summed E-state index contributed by atoms with van der Waals surface area (Å²) >= 11 is 0. The number of methoxy groups -OCH3 is 1. The first-order valence-electron chi connectivity index (χ1n) is 7.41. The molecule has 0 fully saturated rings. The van der Waals surface area contributed by atoms with Crippen LogP contribution in [-0.2, 0) is 25.6 Å². The molecule has 0 aliphatic carbocycles. The normalized spacial score (nSPS) is 16.2. The maximum Gasteiger partial charge on any atom is 0.311 e. The zero-order valence-electron chi connectivity index (χ0n) is 13.5. The molecule has 6 nitrogen and oxygen atoms in total. The van der Waals surface area contributed by atoms with Gasteiger partial charge >= 0.3 is 5.97 Å². The molecule has 0 bridgehead atoms. The van der Waals surface area contributed by atoms with Crippen LogP contribution in [0.4, 0.5) is 0 Å². The minimum absolute atomic E-state index is 0.0622. The number of amides is 1. The van der Waals surface area contributed by atoms with Gasteiger partial charge in [0.15, 0.2) is 0 Å². The number of rotatable bonds is 6. The summed E-state index contributed by atoms with van der Waals surface area (Å²) in [6.45, 7) is 4.32. The lowest BCUT2D eigenvalue weighted by molar-refractivity contribution is -0.139. The number of carbonyl (C=O) groups excluding carboxylic acids is 2. The third-order valence-corrected chi connectivity index (χ3v) is 3.41. The second kappa shape index (κ2) is 7.58. The van der Waals surface area contributed by atoms with Crippen LogP contribution >= 0.6 is 0 Å². The summed E-state index contributed by atoms with van der Waals surface area (Å²) in [4.78, 5) is 24.2. The number of hydrogen-bond donors (Lipinski definition) is 0. The average molecular weight is 316 g/mol. The third-order valence-electron chi connectivity index (χ3n) is 3.41. The Balaban J connectivity index is 2.29. The van der Waals surface area contributed by atoms with E-state index < -0.39 is 5.97 Å². The van der Waals surface area contributed by atoms with Gasteiger partial charge in [-0.05, 0) is 19.4 Å². The Morgan fingerprint density at radius 1 is 1.26 bits per heavy atom. The Morgan fingerprint density at radius 3 is 2.57 bits per heavy atom. The first-order chi connectivity index (χ1) is 11.1. The van der Waals surface area contributed by atoms with Gasteiger partial charge in [0.25, 0.3) is 5.91 Å². The minimum atomic E-state index is -0.445. The summed E-state index contributed by atoms with van der Waals surface area (Å²) in [6, 6.07) is 9.54. The molecule has 6 heteroatoms. The van der Waals surface area contributed by atoms with Crippen molar-refractivity contribution in [2.24, 2.45) is 5.10 Å². The fourth-order valence-corrected chi connectivity index (χ4v) is 2.33. The molecule has 0 radical (unpaired) electrons. The summed E-state index contributed by atoms with van der Waals surface area (Å²) in [5.41, 5.74) is 1.68. The third kappa shape index (κ3) is 3.97. The van der Waals surface area contributed by atoms with Crippen LogP contribution in [0.15, 0.2) is 46.8 Å². The van der Waals surface area contributed by atoms with Gasteiger partial charge in [0.05, 0.1) is 32.4 Å². The van der Waals surface area contributed by atoms with Gasteiger partial charge in [-0.2, -0.15) is 5.10 Å². The van der Waals surface area contributed by atoms with E-state index in [1.54, 1.807) is 6.92 Å². The molecule has 1 aromatic carbocycles. The van der Waals surface area contributed by atoms with Crippen molar-refractivity contribution in [2.45, 2.75) is 26.8 Å². The molecule has 122 valence electrons. The van der Waals surface area contributed by atoms with Gasteiger partial charge in [-0.15, -0.1) is 0 Å². The van der Waals surface area contributed by atoms with E-state index in [4.69, 9.17) is 4.74 Å². The Labute approximate surface area is 135 Å². The van der Waals surface area contributed by atoms with Crippen LogP contribution in [-0.4, -0.2) is 36.3 Å². The number of hydrogen-bond acceptors (Lipinski definition) is 5. The number of ether oxygens (including phenoxy) is 2. The monoisotopic (exact) mass is 316 g/mol. The largest absolute Gasteiger partial charge is 0.498 e. The van der Waals surface area contributed by atoms with E-state index >= 15 is 0 Å². The molecular weight excluding hydrogens is 296 g/mol. The molecule has 1 amide bonds. The molecule has 0 atom stereocenters. The molecule has 1 aromatic rings. The molecule has 1 heterocycles. The SMILES string of the molecule is CCO/C(C)=C1/C(=O)N(Cc2ccccc2)N=C1CC(=O)OC.